The Morgan fingerprint density at radius 1 is 1.54 bits per heavy atom. The Morgan fingerprint density at radius 2 is 2.23 bits per heavy atom. The predicted octanol–water partition coefficient (Wildman–Crippen LogP) is 3.87. The minimum atomic E-state index is -0.406. The SMILES string of the molecule is C=CCc1ccccc1SC(=O)Cl. The summed E-state index contributed by atoms with van der Waals surface area (Å²) in [6.07, 6.45) is 2.56. The van der Waals surface area contributed by atoms with Crippen molar-refractivity contribution in [2.75, 3.05) is 0 Å². The second-order valence-corrected chi connectivity index (χ2v) is 4.02. The Labute approximate surface area is 86.8 Å². The van der Waals surface area contributed by atoms with E-state index in [1.54, 1.807) is 6.08 Å². The van der Waals surface area contributed by atoms with Crippen LogP contribution in [0.5, 0.6) is 0 Å². The lowest BCUT2D eigenvalue weighted by Crippen LogP contribution is -1.86. The van der Waals surface area contributed by atoms with Gasteiger partial charge in [-0.05, 0) is 41.4 Å². The minimum absolute atomic E-state index is 0.406. The van der Waals surface area contributed by atoms with Gasteiger partial charge in [0, 0.05) is 4.90 Å². The number of thioether (sulfide) groups is 1. The molecule has 0 aromatic heterocycles. The van der Waals surface area contributed by atoms with Crippen LogP contribution in [0, 0.1) is 0 Å². The van der Waals surface area contributed by atoms with Crippen molar-refractivity contribution >= 4 is 27.9 Å². The molecule has 0 aliphatic carbocycles. The predicted molar refractivity (Wildman–Crippen MR) is 57.4 cm³/mol. The van der Waals surface area contributed by atoms with E-state index < -0.39 is 4.57 Å². The van der Waals surface area contributed by atoms with E-state index in [4.69, 9.17) is 11.6 Å². The van der Waals surface area contributed by atoms with Gasteiger partial charge in [0.15, 0.2) is 0 Å². The summed E-state index contributed by atoms with van der Waals surface area (Å²) >= 11 is 6.33. The highest BCUT2D eigenvalue weighted by Gasteiger charge is 2.04. The van der Waals surface area contributed by atoms with E-state index in [0.717, 1.165) is 28.6 Å². The topological polar surface area (TPSA) is 17.1 Å². The van der Waals surface area contributed by atoms with Crippen molar-refractivity contribution in [3.05, 3.63) is 42.5 Å². The molecule has 0 atom stereocenters. The van der Waals surface area contributed by atoms with Crippen molar-refractivity contribution in [3.8, 4) is 0 Å². The summed E-state index contributed by atoms with van der Waals surface area (Å²) in [6, 6.07) is 7.66. The van der Waals surface area contributed by atoms with E-state index in [1.807, 2.05) is 24.3 Å². The molecule has 0 radical (unpaired) electrons. The Morgan fingerprint density at radius 3 is 2.85 bits per heavy atom. The molecule has 0 N–H and O–H groups in total. The van der Waals surface area contributed by atoms with E-state index in [9.17, 15) is 4.79 Å². The Bertz CT molecular complexity index is 322. The molecule has 0 spiro atoms. The normalized spacial score (nSPS) is 9.62. The molecule has 1 rings (SSSR count). The van der Waals surface area contributed by atoms with Gasteiger partial charge in [-0.15, -0.1) is 6.58 Å². The van der Waals surface area contributed by atoms with Gasteiger partial charge >= 0.3 is 0 Å². The van der Waals surface area contributed by atoms with E-state index in [1.165, 1.54) is 0 Å². The molecule has 0 bridgehead atoms. The molecule has 68 valence electrons. The summed E-state index contributed by atoms with van der Waals surface area (Å²) in [4.78, 5) is 11.6. The van der Waals surface area contributed by atoms with Crippen LogP contribution in [0.15, 0.2) is 41.8 Å². The average molecular weight is 213 g/mol. The highest BCUT2D eigenvalue weighted by atomic mass is 35.5. The summed E-state index contributed by atoms with van der Waals surface area (Å²) in [5, 5.41) is 0. The van der Waals surface area contributed by atoms with Crippen molar-refractivity contribution in [1.29, 1.82) is 0 Å². The number of rotatable bonds is 3. The Kier molecular flexibility index (Phi) is 4.06. The number of hydrogen-bond donors (Lipinski definition) is 0. The van der Waals surface area contributed by atoms with Crippen LogP contribution in [0.2, 0.25) is 0 Å². The lowest BCUT2D eigenvalue weighted by molar-refractivity contribution is 0.276. The van der Waals surface area contributed by atoms with E-state index >= 15 is 0 Å². The highest BCUT2D eigenvalue weighted by molar-refractivity contribution is 8.16. The van der Waals surface area contributed by atoms with Crippen LogP contribution in [-0.2, 0) is 6.42 Å². The zero-order valence-corrected chi connectivity index (χ0v) is 8.57. The fourth-order valence-corrected chi connectivity index (χ4v) is 1.87. The monoisotopic (exact) mass is 212 g/mol. The molecule has 0 saturated carbocycles. The molecule has 1 aromatic carbocycles. The van der Waals surface area contributed by atoms with Crippen molar-refractivity contribution in [2.45, 2.75) is 11.3 Å². The zero-order chi connectivity index (χ0) is 9.68. The first-order valence-corrected chi connectivity index (χ1v) is 4.99. The van der Waals surface area contributed by atoms with Crippen LogP contribution in [0.3, 0.4) is 0 Å². The number of hydrogen-bond acceptors (Lipinski definition) is 2. The van der Waals surface area contributed by atoms with Gasteiger partial charge in [-0.2, -0.15) is 0 Å². The second-order valence-electron chi connectivity index (χ2n) is 2.44. The third-order valence-electron chi connectivity index (χ3n) is 1.53. The molecule has 13 heavy (non-hydrogen) atoms. The maximum atomic E-state index is 10.7. The van der Waals surface area contributed by atoms with Gasteiger partial charge in [0.25, 0.3) is 4.57 Å². The summed E-state index contributed by atoms with van der Waals surface area (Å²) in [7, 11) is 0. The summed E-state index contributed by atoms with van der Waals surface area (Å²) in [5.74, 6) is 0. The van der Waals surface area contributed by atoms with Crippen molar-refractivity contribution in [3.63, 3.8) is 0 Å². The summed E-state index contributed by atoms with van der Waals surface area (Å²) in [6.45, 7) is 3.65. The van der Waals surface area contributed by atoms with Gasteiger partial charge in [0.2, 0.25) is 0 Å². The van der Waals surface area contributed by atoms with Gasteiger partial charge in [0.05, 0.1) is 0 Å². The standard InChI is InChI=1S/C10H9ClOS/c1-2-5-8-6-3-4-7-9(8)13-10(11)12/h2-4,6-7H,1,5H2. The second kappa shape index (κ2) is 5.10. The van der Waals surface area contributed by atoms with E-state index in [2.05, 4.69) is 6.58 Å². The third-order valence-corrected chi connectivity index (χ3v) is 2.54. The highest BCUT2D eigenvalue weighted by Crippen LogP contribution is 2.25. The molecule has 0 amide bonds. The zero-order valence-electron chi connectivity index (χ0n) is 7.00. The smallest absolute Gasteiger partial charge is 0.268 e. The third kappa shape index (κ3) is 3.25. The van der Waals surface area contributed by atoms with Gasteiger partial charge in [0.1, 0.15) is 0 Å². The first kappa shape index (κ1) is 10.4. The minimum Gasteiger partial charge on any atom is -0.268 e. The van der Waals surface area contributed by atoms with Crippen molar-refractivity contribution < 1.29 is 4.79 Å². The lowest BCUT2D eigenvalue weighted by Gasteiger charge is -2.02. The van der Waals surface area contributed by atoms with E-state index in [0.29, 0.717) is 0 Å². The molecule has 0 unspecified atom stereocenters. The largest absolute Gasteiger partial charge is 0.284 e. The van der Waals surface area contributed by atoms with Crippen molar-refractivity contribution in [1.82, 2.24) is 0 Å². The number of benzene rings is 1. The molecule has 0 aliphatic rings. The fourth-order valence-electron chi connectivity index (χ4n) is 1.01. The molecule has 0 aliphatic heterocycles. The fraction of sp³-hybridized carbons (Fsp3) is 0.100. The molecule has 3 heteroatoms. The summed E-state index contributed by atoms with van der Waals surface area (Å²) in [5.41, 5.74) is 1.08. The first-order chi connectivity index (χ1) is 6.24. The van der Waals surface area contributed by atoms with Gasteiger partial charge in [-0.3, -0.25) is 4.79 Å². The molecule has 0 fully saturated rings. The quantitative estimate of drug-likeness (QED) is 0.430. The molecule has 0 heterocycles. The maximum absolute atomic E-state index is 10.7. The summed E-state index contributed by atoms with van der Waals surface area (Å²) < 4.78 is -0.406. The maximum Gasteiger partial charge on any atom is 0.284 e. The Balaban J connectivity index is 2.90. The number of halogens is 1. The number of carbonyl (C=O) groups excluding carboxylic acids is 1. The van der Waals surface area contributed by atoms with Crippen LogP contribution in [0.1, 0.15) is 5.56 Å². The lowest BCUT2D eigenvalue weighted by atomic mass is 10.1. The molecule has 0 saturated heterocycles. The Hall–Kier alpha value is -0.730. The number of allylic oxidation sites excluding steroid dienone is 1. The van der Waals surface area contributed by atoms with E-state index in [-0.39, 0.29) is 0 Å². The van der Waals surface area contributed by atoms with Crippen LogP contribution in [-0.4, -0.2) is 4.57 Å². The molecule has 1 nitrogen and oxygen atoms in total. The van der Waals surface area contributed by atoms with Crippen molar-refractivity contribution in [2.24, 2.45) is 0 Å². The first-order valence-electron chi connectivity index (χ1n) is 3.80. The van der Waals surface area contributed by atoms with Crippen LogP contribution >= 0.6 is 23.4 Å². The van der Waals surface area contributed by atoms with Crippen LogP contribution in [0.4, 0.5) is 4.79 Å². The van der Waals surface area contributed by atoms with Gasteiger partial charge in [-0.25, -0.2) is 0 Å². The average Bonchev–Trinajstić information content (AvgIpc) is 2.08. The molecular formula is C10H9ClOS. The van der Waals surface area contributed by atoms with Crippen LogP contribution in [0.25, 0.3) is 0 Å². The number of carbonyl (C=O) groups is 1. The van der Waals surface area contributed by atoms with Crippen LogP contribution < -0.4 is 0 Å². The molecule has 1 aromatic rings. The molecular weight excluding hydrogens is 204 g/mol. The van der Waals surface area contributed by atoms with Gasteiger partial charge in [-0.1, -0.05) is 24.3 Å². The van der Waals surface area contributed by atoms with Gasteiger partial charge < -0.3 is 0 Å².